The molecule has 0 aromatic rings. The molecule has 0 heterocycles. The number of Topliss-reactive ketones (excluding diaryl/α,β-unsaturated/α-hetero) is 1. The Hall–Kier alpha value is -1.16. The van der Waals surface area contributed by atoms with Crippen molar-refractivity contribution in [2.45, 2.75) is 65.4 Å². The van der Waals surface area contributed by atoms with E-state index in [2.05, 4.69) is 0 Å². The van der Waals surface area contributed by atoms with Crippen LogP contribution in [0.2, 0.25) is 0 Å². The average Bonchev–Trinajstić information content (AvgIpc) is 3.20. The third kappa shape index (κ3) is 5.91. The Labute approximate surface area is 133 Å². The van der Waals surface area contributed by atoms with Crippen LogP contribution in [0.1, 0.15) is 59.3 Å². The van der Waals surface area contributed by atoms with Gasteiger partial charge in [-0.15, -0.1) is 0 Å². The molecule has 1 saturated carbocycles. The first kappa shape index (κ1) is 18.9. The van der Waals surface area contributed by atoms with Crippen molar-refractivity contribution >= 4 is 11.8 Å². The largest absolute Gasteiger partial charge is 0.550 e. The molecule has 0 saturated heterocycles. The predicted octanol–water partition coefficient (Wildman–Crippen LogP) is 2.10. The van der Waals surface area contributed by atoms with Gasteiger partial charge in [0.25, 0.3) is 0 Å². The van der Waals surface area contributed by atoms with E-state index in [9.17, 15) is 19.8 Å². The summed E-state index contributed by atoms with van der Waals surface area (Å²) >= 11 is 0. The van der Waals surface area contributed by atoms with Crippen LogP contribution in [0, 0.1) is 23.7 Å². The van der Waals surface area contributed by atoms with E-state index in [0.717, 1.165) is 19.3 Å². The summed E-state index contributed by atoms with van der Waals surface area (Å²) in [4.78, 5) is 22.6. The highest BCUT2D eigenvalue weighted by atomic mass is 16.4. The summed E-state index contributed by atoms with van der Waals surface area (Å²) in [5, 5.41) is 20.9. The van der Waals surface area contributed by atoms with E-state index in [1.165, 1.54) is 0 Å². The van der Waals surface area contributed by atoms with Crippen LogP contribution in [0.3, 0.4) is 0 Å². The molecule has 0 spiro atoms. The van der Waals surface area contributed by atoms with Gasteiger partial charge >= 0.3 is 0 Å². The smallest absolute Gasteiger partial charge is 0.139 e. The lowest BCUT2D eigenvalue weighted by atomic mass is 9.94. The second kappa shape index (κ2) is 9.09. The maximum Gasteiger partial charge on any atom is 0.139 e. The first-order valence-electron chi connectivity index (χ1n) is 8.47. The van der Waals surface area contributed by atoms with Gasteiger partial charge in [-0.05, 0) is 43.9 Å². The standard InChI is InChI=1S/C18H30O4/c1-4-12(3)16(19)9-7-6-8-13-10-14(13)11-17(20)15(5-2)18(21)22/h6-7,12-15,17,20H,4-5,8-11H2,1-3H3,(H,21,22)/p-1/b7-6-/t12-,13?,14?,15+,17+/m0/s1. The Balaban J connectivity index is 2.24. The molecule has 0 aromatic heterocycles. The van der Waals surface area contributed by atoms with Gasteiger partial charge in [-0.1, -0.05) is 32.9 Å². The Morgan fingerprint density at radius 3 is 2.45 bits per heavy atom. The average molecular weight is 309 g/mol. The zero-order valence-corrected chi connectivity index (χ0v) is 14.0. The molecule has 4 nitrogen and oxygen atoms in total. The molecule has 1 rings (SSSR count). The lowest BCUT2D eigenvalue weighted by Crippen LogP contribution is -2.38. The lowest BCUT2D eigenvalue weighted by molar-refractivity contribution is -0.314. The van der Waals surface area contributed by atoms with Gasteiger partial charge in [0.2, 0.25) is 0 Å². The summed E-state index contributed by atoms with van der Waals surface area (Å²) in [5.74, 6) is -0.590. The molecule has 126 valence electrons. The molecule has 5 atom stereocenters. The van der Waals surface area contributed by atoms with Crippen LogP contribution in [0.15, 0.2) is 12.2 Å². The SMILES string of the molecule is CC[C@H](C)C(=O)C/C=C\CC1CC1C[C@@H](O)[C@@H](CC)C(=O)[O-]. The molecule has 4 heteroatoms. The number of rotatable bonds is 11. The molecular formula is C18H29O4-. The summed E-state index contributed by atoms with van der Waals surface area (Å²) in [6.07, 6.45) is 7.45. The topological polar surface area (TPSA) is 77.4 Å². The van der Waals surface area contributed by atoms with Gasteiger partial charge in [-0.25, -0.2) is 0 Å². The van der Waals surface area contributed by atoms with Gasteiger partial charge in [0.05, 0.1) is 6.10 Å². The maximum absolute atomic E-state index is 11.7. The number of carbonyl (C=O) groups is 2. The van der Waals surface area contributed by atoms with Gasteiger partial charge in [0, 0.05) is 24.2 Å². The van der Waals surface area contributed by atoms with Crippen LogP contribution in [0.25, 0.3) is 0 Å². The van der Waals surface area contributed by atoms with E-state index >= 15 is 0 Å². The normalized spacial score (nSPS) is 24.9. The molecule has 22 heavy (non-hydrogen) atoms. The van der Waals surface area contributed by atoms with Gasteiger partial charge in [0.1, 0.15) is 5.78 Å². The second-order valence-electron chi connectivity index (χ2n) is 6.58. The highest BCUT2D eigenvalue weighted by Crippen LogP contribution is 2.45. The van der Waals surface area contributed by atoms with Gasteiger partial charge in [-0.2, -0.15) is 0 Å². The lowest BCUT2D eigenvalue weighted by Gasteiger charge is -2.22. The highest BCUT2D eigenvalue weighted by Gasteiger charge is 2.38. The Morgan fingerprint density at radius 2 is 1.91 bits per heavy atom. The molecule has 0 aromatic carbocycles. The maximum atomic E-state index is 11.7. The first-order chi connectivity index (χ1) is 10.4. The number of allylic oxidation sites excluding steroid dienone is 2. The van der Waals surface area contributed by atoms with Crippen molar-refractivity contribution in [1.82, 2.24) is 0 Å². The summed E-state index contributed by atoms with van der Waals surface area (Å²) in [6, 6.07) is 0. The summed E-state index contributed by atoms with van der Waals surface area (Å²) in [7, 11) is 0. The van der Waals surface area contributed by atoms with E-state index in [1.807, 2.05) is 26.0 Å². The van der Waals surface area contributed by atoms with Crippen LogP contribution >= 0.6 is 0 Å². The fraction of sp³-hybridized carbons (Fsp3) is 0.778. The summed E-state index contributed by atoms with van der Waals surface area (Å²) in [6.45, 7) is 5.73. The number of ketones is 1. The van der Waals surface area contributed by atoms with Crippen LogP contribution in [-0.2, 0) is 9.59 Å². The third-order valence-corrected chi connectivity index (χ3v) is 4.91. The molecule has 0 radical (unpaired) electrons. The Kier molecular flexibility index (Phi) is 7.80. The van der Waals surface area contributed by atoms with E-state index in [-0.39, 0.29) is 11.7 Å². The Bertz CT molecular complexity index is 402. The number of aliphatic hydroxyl groups excluding tert-OH is 1. The van der Waals surface area contributed by atoms with Crippen LogP contribution in [-0.4, -0.2) is 23.0 Å². The fourth-order valence-electron chi connectivity index (χ4n) is 2.86. The molecule has 1 N–H and O–H groups in total. The van der Waals surface area contributed by atoms with Crippen LogP contribution in [0.4, 0.5) is 0 Å². The zero-order valence-electron chi connectivity index (χ0n) is 14.0. The summed E-state index contributed by atoms with van der Waals surface area (Å²) in [5.41, 5.74) is 0. The van der Waals surface area contributed by atoms with Crippen molar-refractivity contribution in [3.8, 4) is 0 Å². The van der Waals surface area contributed by atoms with E-state index in [0.29, 0.717) is 31.1 Å². The van der Waals surface area contributed by atoms with Gasteiger partial charge in [-0.3, -0.25) is 4.79 Å². The quantitative estimate of drug-likeness (QED) is 0.593. The van der Waals surface area contributed by atoms with Crippen LogP contribution in [0.5, 0.6) is 0 Å². The number of aliphatic carboxylic acids is 1. The molecule has 2 unspecified atom stereocenters. The fourth-order valence-corrected chi connectivity index (χ4v) is 2.86. The number of carbonyl (C=O) groups excluding carboxylic acids is 2. The predicted molar refractivity (Wildman–Crippen MR) is 83.8 cm³/mol. The van der Waals surface area contributed by atoms with E-state index in [4.69, 9.17) is 0 Å². The number of hydrogen-bond donors (Lipinski definition) is 1. The van der Waals surface area contributed by atoms with Crippen molar-refractivity contribution in [2.24, 2.45) is 23.7 Å². The van der Waals surface area contributed by atoms with Crippen molar-refractivity contribution in [2.75, 3.05) is 0 Å². The van der Waals surface area contributed by atoms with Crippen molar-refractivity contribution in [3.63, 3.8) is 0 Å². The number of aliphatic hydroxyl groups is 1. The van der Waals surface area contributed by atoms with Crippen molar-refractivity contribution in [1.29, 1.82) is 0 Å². The molecule has 1 aliphatic rings. The summed E-state index contributed by atoms with van der Waals surface area (Å²) < 4.78 is 0. The highest BCUT2D eigenvalue weighted by molar-refractivity contribution is 5.81. The molecule has 1 fully saturated rings. The molecular weight excluding hydrogens is 280 g/mol. The minimum atomic E-state index is -1.16. The Morgan fingerprint density at radius 1 is 1.23 bits per heavy atom. The molecule has 0 amide bonds. The van der Waals surface area contributed by atoms with E-state index < -0.39 is 18.0 Å². The van der Waals surface area contributed by atoms with Gasteiger partial charge in [0.15, 0.2) is 0 Å². The number of carboxylic acids is 1. The molecule has 0 aliphatic heterocycles. The second-order valence-corrected chi connectivity index (χ2v) is 6.58. The van der Waals surface area contributed by atoms with Crippen molar-refractivity contribution in [3.05, 3.63) is 12.2 Å². The van der Waals surface area contributed by atoms with Crippen molar-refractivity contribution < 1.29 is 19.8 Å². The molecule has 0 bridgehead atoms. The number of carboxylic acid groups (broad SMARTS) is 1. The zero-order chi connectivity index (χ0) is 16.7. The molecule has 1 aliphatic carbocycles. The number of hydrogen-bond acceptors (Lipinski definition) is 4. The minimum absolute atomic E-state index is 0.129. The van der Waals surface area contributed by atoms with Crippen LogP contribution < -0.4 is 5.11 Å². The minimum Gasteiger partial charge on any atom is -0.550 e. The third-order valence-electron chi connectivity index (χ3n) is 4.91. The first-order valence-corrected chi connectivity index (χ1v) is 8.47. The van der Waals surface area contributed by atoms with E-state index in [1.54, 1.807) is 6.92 Å². The monoisotopic (exact) mass is 309 g/mol. The van der Waals surface area contributed by atoms with Gasteiger partial charge < -0.3 is 15.0 Å².